The summed E-state index contributed by atoms with van der Waals surface area (Å²) in [6, 6.07) is 0. The molecule has 4 heteroatoms. The molecule has 0 radical (unpaired) electrons. The highest BCUT2D eigenvalue weighted by Gasteiger charge is 2.43. The van der Waals surface area contributed by atoms with E-state index in [0.717, 1.165) is 32.5 Å². The second-order valence-electron chi connectivity index (χ2n) is 6.04. The smallest absolute Gasteiger partial charge is 0.225 e. The van der Waals surface area contributed by atoms with Crippen molar-refractivity contribution in [3.63, 3.8) is 0 Å². The Morgan fingerprint density at radius 3 is 2.89 bits per heavy atom. The SMILES string of the molecule is CC[C@@H]1OC[C@H]2CN(C(=O)C3CC(F)C3)CC[C@H]21. The summed E-state index contributed by atoms with van der Waals surface area (Å²) in [4.78, 5) is 14.1. The van der Waals surface area contributed by atoms with Crippen LogP contribution in [0.2, 0.25) is 0 Å². The number of fused-ring (bicyclic) bond motifs is 1. The highest BCUT2D eigenvalue weighted by Crippen LogP contribution is 2.38. The summed E-state index contributed by atoms with van der Waals surface area (Å²) in [5.41, 5.74) is 0. The molecule has 0 aromatic rings. The number of nitrogens with zero attached hydrogens (tertiary/aromatic N) is 1. The summed E-state index contributed by atoms with van der Waals surface area (Å²) < 4.78 is 18.6. The van der Waals surface area contributed by atoms with Gasteiger partial charge in [0.25, 0.3) is 0 Å². The van der Waals surface area contributed by atoms with Gasteiger partial charge in [0.15, 0.2) is 0 Å². The second-order valence-corrected chi connectivity index (χ2v) is 6.04. The van der Waals surface area contributed by atoms with Crippen LogP contribution in [-0.4, -0.2) is 42.8 Å². The number of carbonyl (C=O) groups excluding carboxylic acids is 1. The quantitative estimate of drug-likeness (QED) is 0.755. The van der Waals surface area contributed by atoms with Gasteiger partial charge in [0, 0.05) is 24.9 Å². The summed E-state index contributed by atoms with van der Waals surface area (Å²) in [6.45, 7) is 4.63. The molecule has 2 saturated heterocycles. The average molecular weight is 255 g/mol. The van der Waals surface area contributed by atoms with Crippen molar-refractivity contribution in [3.05, 3.63) is 0 Å². The van der Waals surface area contributed by atoms with Crippen molar-refractivity contribution in [1.29, 1.82) is 0 Å². The number of likely N-dealkylation sites (tertiary alicyclic amines) is 1. The Morgan fingerprint density at radius 2 is 2.22 bits per heavy atom. The van der Waals surface area contributed by atoms with Crippen LogP contribution in [0.4, 0.5) is 4.39 Å². The fourth-order valence-electron chi connectivity index (χ4n) is 3.72. The molecule has 3 aliphatic rings. The number of carbonyl (C=O) groups is 1. The minimum absolute atomic E-state index is 0.0409. The fourth-order valence-corrected chi connectivity index (χ4v) is 3.72. The molecule has 1 saturated carbocycles. The molecule has 1 aliphatic carbocycles. The van der Waals surface area contributed by atoms with Gasteiger partial charge in [-0.1, -0.05) is 6.92 Å². The number of amides is 1. The zero-order valence-electron chi connectivity index (χ0n) is 11.0. The maximum absolute atomic E-state index is 12.8. The topological polar surface area (TPSA) is 29.5 Å². The first kappa shape index (κ1) is 12.4. The van der Waals surface area contributed by atoms with Gasteiger partial charge in [-0.15, -0.1) is 0 Å². The van der Waals surface area contributed by atoms with Gasteiger partial charge in [-0.05, 0) is 31.6 Å². The Labute approximate surface area is 108 Å². The van der Waals surface area contributed by atoms with Crippen LogP contribution in [0.5, 0.6) is 0 Å². The first-order valence-corrected chi connectivity index (χ1v) is 7.23. The van der Waals surface area contributed by atoms with Crippen molar-refractivity contribution in [2.75, 3.05) is 19.7 Å². The van der Waals surface area contributed by atoms with Crippen molar-refractivity contribution in [2.24, 2.45) is 17.8 Å². The molecule has 3 fully saturated rings. The highest BCUT2D eigenvalue weighted by molar-refractivity contribution is 5.80. The molecule has 0 aromatic heterocycles. The second kappa shape index (κ2) is 4.80. The Morgan fingerprint density at radius 1 is 1.44 bits per heavy atom. The van der Waals surface area contributed by atoms with Gasteiger partial charge in [-0.25, -0.2) is 4.39 Å². The van der Waals surface area contributed by atoms with E-state index in [9.17, 15) is 9.18 Å². The van der Waals surface area contributed by atoms with E-state index in [1.165, 1.54) is 0 Å². The first-order chi connectivity index (χ1) is 8.69. The lowest BCUT2D eigenvalue weighted by molar-refractivity contribution is -0.142. The molecule has 2 heterocycles. The average Bonchev–Trinajstić information content (AvgIpc) is 2.76. The third-order valence-corrected chi connectivity index (χ3v) is 4.94. The van der Waals surface area contributed by atoms with E-state index in [4.69, 9.17) is 4.74 Å². The van der Waals surface area contributed by atoms with E-state index in [1.54, 1.807) is 0 Å². The molecule has 1 amide bonds. The van der Waals surface area contributed by atoms with Crippen LogP contribution in [0.3, 0.4) is 0 Å². The van der Waals surface area contributed by atoms with Crippen LogP contribution in [0, 0.1) is 17.8 Å². The minimum atomic E-state index is -0.740. The monoisotopic (exact) mass is 255 g/mol. The summed E-state index contributed by atoms with van der Waals surface area (Å²) >= 11 is 0. The van der Waals surface area contributed by atoms with Gasteiger partial charge in [-0.3, -0.25) is 4.79 Å². The lowest BCUT2D eigenvalue weighted by Gasteiger charge is -2.39. The zero-order chi connectivity index (χ0) is 12.7. The Bertz CT molecular complexity index is 330. The Balaban J connectivity index is 1.57. The van der Waals surface area contributed by atoms with Gasteiger partial charge in [-0.2, -0.15) is 0 Å². The predicted molar refractivity (Wildman–Crippen MR) is 65.8 cm³/mol. The van der Waals surface area contributed by atoms with Crippen molar-refractivity contribution >= 4 is 5.91 Å². The number of hydrogen-bond donors (Lipinski definition) is 0. The van der Waals surface area contributed by atoms with Gasteiger partial charge in [0.1, 0.15) is 6.17 Å². The van der Waals surface area contributed by atoms with E-state index in [-0.39, 0.29) is 11.8 Å². The summed E-state index contributed by atoms with van der Waals surface area (Å²) in [6.07, 6.45) is 2.67. The first-order valence-electron chi connectivity index (χ1n) is 7.23. The number of piperidine rings is 1. The fraction of sp³-hybridized carbons (Fsp3) is 0.929. The lowest BCUT2D eigenvalue weighted by atomic mass is 9.80. The van der Waals surface area contributed by atoms with E-state index in [1.807, 2.05) is 4.90 Å². The molecule has 0 unspecified atom stereocenters. The lowest BCUT2D eigenvalue weighted by Crippen LogP contribution is -2.49. The van der Waals surface area contributed by atoms with E-state index < -0.39 is 6.17 Å². The minimum Gasteiger partial charge on any atom is -0.378 e. The molecule has 3 rings (SSSR count). The van der Waals surface area contributed by atoms with E-state index >= 15 is 0 Å². The third-order valence-electron chi connectivity index (χ3n) is 4.94. The maximum Gasteiger partial charge on any atom is 0.225 e. The molecule has 0 aromatic carbocycles. The van der Waals surface area contributed by atoms with Crippen LogP contribution in [0.1, 0.15) is 32.6 Å². The van der Waals surface area contributed by atoms with Crippen LogP contribution < -0.4 is 0 Å². The summed E-state index contributed by atoms with van der Waals surface area (Å²) in [5, 5.41) is 0. The largest absolute Gasteiger partial charge is 0.378 e. The Hall–Kier alpha value is -0.640. The molecule has 3 atom stereocenters. The van der Waals surface area contributed by atoms with Crippen molar-refractivity contribution in [1.82, 2.24) is 4.90 Å². The highest BCUT2D eigenvalue weighted by atomic mass is 19.1. The van der Waals surface area contributed by atoms with Crippen molar-refractivity contribution in [2.45, 2.75) is 44.9 Å². The third kappa shape index (κ3) is 2.04. The molecule has 0 spiro atoms. The number of ether oxygens (including phenoxy) is 1. The van der Waals surface area contributed by atoms with Crippen LogP contribution in [-0.2, 0) is 9.53 Å². The number of alkyl halides is 1. The molecule has 18 heavy (non-hydrogen) atoms. The molecular formula is C14H22FNO2. The maximum atomic E-state index is 12.8. The molecule has 2 aliphatic heterocycles. The molecule has 3 nitrogen and oxygen atoms in total. The summed E-state index contributed by atoms with van der Waals surface area (Å²) in [7, 11) is 0. The predicted octanol–water partition coefficient (Wildman–Crippen LogP) is 2.01. The molecular weight excluding hydrogens is 233 g/mol. The van der Waals surface area contributed by atoms with E-state index in [2.05, 4.69) is 6.92 Å². The van der Waals surface area contributed by atoms with Gasteiger partial charge < -0.3 is 9.64 Å². The van der Waals surface area contributed by atoms with E-state index in [0.29, 0.717) is 30.8 Å². The zero-order valence-corrected chi connectivity index (χ0v) is 11.0. The van der Waals surface area contributed by atoms with Crippen molar-refractivity contribution in [3.8, 4) is 0 Å². The molecule has 102 valence electrons. The summed E-state index contributed by atoms with van der Waals surface area (Å²) in [5.74, 6) is 1.28. The van der Waals surface area contributed by atoms with Crippen LogP contribution >= 0.6 is 0 Å². The standard InChI is InChI=1S/C14H22FNO2/c1-2-13-12-3-4-16(7-10(12)8-18-13)14(17)9-5-11(15)6-9/h9-13H,2-8H2,1H3/t9?,10-,11?,12-,13+/m1/s1. The number of rotatable bonds is 2. The Kier molecular flexibility index (Phi) is 3.31. The molecule has 0 N–H and O–H groups in total. The number of hydrogen-bond acceptors (Lipinski definition) is 2. The van der Waals surface area contributed by atoms with Gasteiger partial charge >= 0.3 is 0 Å². The van der Waals surface area contributed by atoms with Gasteiger partial charge in [0.05, 0.1) is 12.7 Å². The van der Waals surface area contributed by atoms with Crippen LogP contribution in [0.15, 0.2) is 0 Å². The number of halogens is 1. The van der Waals surface area contributed by atoms with Crippen molar-refractivity contribution < 1.29 is 13.9 Å². The van der Waals surface area contributed by atoms with Crippen LogP contribution in [0.25, 0.3) is 0 Å². The normalized spacial score (nSPS) is 43.4. The van der Waals surface area contributed by atoms with Gasteiger partial charge in [0.2, 0.25) is 5.91 Å². The molecule has 0 bridgehead atoms.